The van der Waals surface area contributed by atoms with Gasteiger partial charge in [0.15, 0.2) is 0 Å². The minimum absolute atomic E-state index is 0.210. The van der Waals surface area contributed by atoms with Gasteiger partial charge in [-0.3, -0.25) is 10.1 Å². The molecule has 6 heteroatoms. The number of carbonyl (C=O) groups excluding carboxylic acids is 1. The number of non-ortho nitro benzene ring substituents is 1. The number of phenolic OH excluding ortho intramolecular Hbond substituents is 1. The van der Waals surface area contributed by atoms with Crippen LogP contribution in [0.2, 0.25) is 0 Å². The maximum absolute atomic E-state index is 11.4. The molecular weight excluding hydrogens is 238 g/mol. The Morgan fingerprint density at radius 3 is 2.72 bits per heavy atom. The van der Waals surface area contributed by atoms with Crippen LogP contribution in [0.25, 0.3) is 6.08 Å². The van der Waals surface area contributed by atoms with Crippen molar-refractivity contribution < 1.29 is 19.6 Å². The number of phenols is 1. The SMILES string of the molecule is CCOC(=O)/C(C)=C\c1ccc([N+](=O)[O-])cc1O. The topological polar surface area (TPSA) is 89.7 Å². The van der Waals surface area contributed by atoms with Gasteiger partial charge < -0.3 is 9.84 Å². The second kappa shape index (κ2) is 5.81. The second-order valence-corrected chi connectivity index (χ2v) is 3.55. The Kier molecular flexibility index (Phi) is 4.42. The summed E-state index contributed by atoms with van der Waals surface area (Å²) >= 11 is 0. The highest BCUT2D eigenvalue weighted by Crippen LogP contribution is 2.25. The Morgan fingerprint density at radius 2 is 2.22 bits per heavy atom. The molecule has 0 aliphatic carbocycles. The molecule has 0 radical (unpaired) electrons. The van der Waals surface area contributed by atoms with Crippen molar-refractivity contribution in [3.8, 4) is 5.75 Å². The molecule has 0 aromatic heterocycles. The first kappa shape index (κ1) is 13.7. The number of esters is 1. The molecule has 0 spiro atoms. The van der Waals surface area contributed by atoms with Crippen LogP contribution in [0.3, 0.4) is 0 Å². The van der Waals surface area contributed by atoms with Crippen molar-refractivity contribution in [1.29, 1.82) is 0 Å². The van der Waals surface area contributed by atoms with E-state index in [4.69, 9.17) is 4.74 Å². The fraction of sp³-hybridized carbons (Fsp3) is 0.250. The van der Waals surface area contributed by atoms with Gasteiger partial charge in [0.25, 0.3) is 5.69 Å². The highest BCUT2D eigenvalue weighted by atomic mass is 16.6. The summed E-state index contributed by atoms with van der Waals surface area (Å²) in [6.07, 6.45) is 1.41. The third kappa shape index (κ3) is 3.31. The first-order valence-corrected chi connectivity index (χ1v) is 5.28. The molecule has 0 saturated carbocycles. The first-order valence-electron chi connectivity index (χ1n) is 5.28. The number of aromatic hydroxyl groups is 1. The van der Waals surface area contributed by atoms with Crippen LogP contribution in [-0.4, -0.2) is 22.6 Å². The van der Waals surface area contributed by atoms with E-state index in [2.05, 4.69) is 0 Å². The lowest BCUT2D eigenvalue weighted by Gasteiger charge is -2.03. The van der Waals surface area contributed by atoms with Crippen molar-refractivity contribution in [3.05, 3.63) is 39.4 Å². The van der Waals surface area contributed by atoms with Gasteiger partial charge in [-0.05, 0) is 26.0 Å². The Morgan fingerprint density at radius 1 is 1.56 bits per heavy atom. The van der Waals surface area contributed by atoms with Crippen LogP contribution in [0.4, 0.5) is 5.69 Å². The van der Waals surface area contributed by atoms with E-state index >= 15 is 0 Å². The van der Waals surface area contributed by atoms with Crippen molar-refractivity contribution in [3.63, 3.8) is 0 Å². The summed E-state index contributed by atoms with van der Waals surface area (Å²) in [5.74, 6) is -0.747. The smallest absolute Gasteiger partial charge is 0.333 e. The number of carbonyl (C=O) groups is 1. The molecule has 96 valence electrons. The molecule has 18 heavy (non-hydrogen) atoms. The van der Waals surface area contributed by atoms with Gasteiger partial charge in [0.2, 0.25) is 0 Å². The average Bonchev–Trinajstić information content (AvgIpc) is 2.31. The highest BCUT2D eigenvalue weighted by molar-refractivity contribution is 5.93. The van der Waals surface area contributed by atoms with Crippen LogP contribution in [0.15, 0.2) is 23.8 Å². The fourth-order valence-electron chi connectivity index (χ4n) is 1.30. The zero-order chi connectivity index (χ0) is 13.7. The standard InChI is InChI=1S/C12H13NO5/c1-3-18-12(15)8(2)6-9-4-5-10(13(16)17)7-11(9)14/h4-7,14H,3H2,1-2H3/b8-6-. The number of rotatable bonds is 4. The maximum Gasteiger partial charge on any atom is 0.333 e. The largest absolute Gasteiger partial charge is 0.507 e. The van der Waals surface area contributed by atoms with Crippen molar-refractivity contribution in [2.45, 2.75) is 13.8 Å². The van der Waals surface area contributed by atoms with Gasteiger partial charge in [-0.2, -0.15) is 0 Å². The molecule has 1 N–H and O–H groups in total. The molecule has 0 fully saturated rings. The lowest BCUT2D eigenvalue weighted by molar-refractivity contribution is -0.384. The predicted molar refractivity (Wildman–Crippen MR) is 65.0 cm³/mol. The average molecular weight is 251 g/mol. The van der Waals surface area contributed by atoms with Crippen molar-refractivity contribution >= 4 is 17.7 Å². The molecule has 0 aliphatic rings. The summed E-state index contributed by atoms with van der Waals surface area (Å²) in [7, 11) is 0. The normalized spacial score (nSPS) is 11.1. The van der Waals surface area contributed by atoms with Crippen LogP contribution in [0.1, 0.15) is 19.4 Å². The van der Waals surface area contributed by atoms with Gasteiger partial charge in [-0.1, -0.05) is 0 Å². The monoisotopic (exact) mass is 251 g/mol. The highest BCUT2D eigenvalue weighted by Gasteiger charge is 2.10. The summed E-state index contributed by atoms with van der Waals surface area (Å²) in [6.45, 7) is 3.49. The van der Waals surface area contributed by atoms with Gasteiger partial charge in [-0.25, -0.2) is 4.79 Å². The van der Waals surface area contributed by atoms with E-state index in [0.29, 0.717) is 11.1 Å². The first-order chi connectivity index (χ1) is 8.45. The van der Waals surface area contributed by atoms with Gasteiger partial charge in [0.05, 0.1) is 17.6 Å². The summed E-state index contributed by atoms with van der Waals surface area (Å²) in [5.41, 5.74) is 0.422. The molecule has 0 bridgehead atoms. The molecule has 0 unspecified atom stereocenters. The zero-order valence-electron chi connectivity index (χ0n) is 10.0. The summed E-state index contributed by atoms with van der Waals surface area (Å²) in [4.78, 5) is 21.2. The van der Waals surface area contributed by atoms with Crippen molar-refractivity contribution in [2.75, 3.05) is 6.61 Å². The third-order valence-corrected chi connectivity index (χ3v) is 2.19. The molecule has 6 nitrogen and oxygen atoms in total. The lowest BCUT2D eigenvalue weighted by atomic mass is 10.1. The molecular formula is C12H13NO5. The number of ether oxygens (including phenoxy) is 1. The van der Waals surface area contributed by atoms with E-state index in [-0.39, 0.29) is 18.0 Å². The van der Waals surface area contributed by atoms with Crippen LogP contribution >= 0.6 is 0 Å². The number of nitrogens with zero attached hydrogens (tertiary/aromatic N) is 1. The molecule has 0 aliphatic heterocycles. The molecule has 1 rings (SSSR count). The van der Waals surface area contributed by atoms with E-state index in [9.17, 15) is 20.0 Å². The molecule has 0 amide bonds. The minimum atomic E-state index is -0.606. The fourth-order valence-corrected chi connectivity index (χ4v) is 1.30. The van der Waals surface area contributed by atoms with E-state index in [1.54, 1.807) is 13.8 Å². The number of nitro groups is 1. The van der Waals surface area contributed by atoms with Gasteiger partial charge in [0, 0.05) is 17.2 Å². The van der Waals surface area contributed by atoms with E-state index in [1.165, 1.54) is 18.2 Å². The summed E-state index contributed by atoms with van der Waals surface area (Å²) in [6, 6.07) is 3.66. The quantitative estimate of drug-likeness (QED) is 0.383. The predicted octanol–water partition coefficient (Wildman–Crippen LogP) is 2.27. The molecule has 1 aromatic rings. The van der Waals surface area contributed by atoms with E-state index < -0.39 is 10.9 Å². The van der Waals surface area contributed by atoms with E-state index in [0.717, 1.165) is 6.07 Å². The van der Waals surface area contributed by atoms with Crippen molar-refractivity contribution in [1.82, 2.24) is 0 Å². The Labute approximate surface area is 104 Å². The Bertz CT molecular complexity index is 507. The summed E-state index contributed by atoms with van der Waals surface area (Å²) < 4.78 is 4.78. The number of hydrogen-bond donors (Lipinski definition) is 1. The molecule has 1 aromatic carbocycles. The van der Waals surface area contributed by atoms with Gasteiger partial charge in [-0.15, -0.1) is 0 Å². The zero-order valence-corrected chi connectivity index (χ0v) is 10.0. The second-order valence-electron chi connectivity index (χ2n) is 3.55. The Balaban J connectivity index is 3.01. The minimum Gasteiger partial charge on any atom is -0.507 e. The number of benzene rings is 1. The molecule has 0 heterocycles. The van der Waals surface area contributed by atoms with Crippen LogP contribution < -0.4 is 0 Å². The number of nitro benzene ring substituents is 1. The van der Waals surface area contributed by atoms with E-state index in [1.807, 2.05) is 0 Å². The third-order valence-electron chi connectivity index (χ3n) is 2.19. The number of hydrogen-bond acceptors (Lipinski definition) is 5. The van der Waals surface area contributed by atoms with Crippen LogP contribution in [0, 0.1) is 10.1 Å². The van der Waals surface area contributed by atoms with Crippen LogP contribution in [0.5, 0.6) is 5.75 Å². The van der Waals surface area contributed by atoms with Gasteiger partial charge >= 0.3 is 5.97 Å². The summed E-state index contributed by atoms with van der Waals surface area (Å²) in [5, 5.41) is 20.1. The molecule has 0 atom stereocenters. The lowest BCUT2D eigenvalue weighted by Crippen LogP contribution is -2.04. The Hall–Kier alpha value is -2.37. The van der Waals surface area contributed by atoms with Gasteiger partial charge in [0.1, 0.15) is 5.75 Å². The molecule has 0 saturated heterocycles. The van der Waals surface area contributed by atoms with Crippen molar-refractivity contribution in [2.24, 2.45) is 0 Å². The van der Waals surface area contributed by atoms with Crippen LogP contribution in [-0.2, 0) is 9.53 Å². The maximum atomic E-state index is 11.4.